The highest BCUT2D eigenvalue weighted by molar-refractivity contribution is 5.73. The average Bonchev–Trinajstić information content (AvgIpc) is 2.36. The standard InChI is InChI=1S/C13H20N2O2/c1-3-11-6-4-5-7-12(11)10-14-13(17)15(2)8-9-16/h4-7,16H,3,8-10H2,1-2H3,(H,14,17). The van der Waals surface area contributed by atoms with Gasteiger partial charge in [-0.3, -0.25) is 0 Å². The minimum Gasteiger partial charge on any atom is -0.395 e. The number of amides is 2. The molecule has 4 nitrogen and oxygen atoms in total. The van der Waals surface area contributed by atoms with E-state index >= 15 is 0 Å². The lowest BCUT2D eigenvalue weighted by Crippen LogP contribution is -2.38. The Balaban J connectivity index is 2.52. The van der Waals surface area contributed by atoms with Crippen molar-refractivity contribution in [3.63, 3.8) is 0 Å². The van der Waals surface area contributed by atoms with Gasteiger partial charge in [0.1, 0.15) is 0 Å². The Kier molecular flexibility index (Phi) is 5.49. The Bertz CT molecular complexity index is 366. The summed E-state index contributed by atoms with van der Waals surface area (Å²) in [5.74, 6) is 0. The van der Waals surface area contributed by atoms with Gasteiger partial charge in [0, 0.05) is 20.1 Å². The maximum Gasteiger partial charge on any atom is 0.317 e. The molecular weight excluding hydrogens is 216 g/mol. The van der Waals surface area contributed by atoms with E-state index in [1.165, 1.54) is 10.5 Å². The number of nitrogens with one attached hydrogen (secondary N) is 1. The second-order valence-corrected chi connectivity index (χ2v) is 3.93. The zero-order valence-electron chi connectivity index (χ0n) is 10.4. The van der Waals surface area contributed by atoms with E-state index in [4.69, 9.17) is 5.11 Å². The second kappa shape index (κ2) is 6.91. The summed E-state index contributed by atoms with van der Waals surface area (Å²) in [6.07, 6.45) is 0.957. The summed E-state index contributed by atoms with van der Waals surface area (Å²) in [5.41, 5.74) is 2.39. The monoisotopic (exact) mass is 236 g/mol. The van der Waals surface area contributed by atoms with Crippen LogP contribution in [0.25, 0.3) is 0 Å². The molecule has 1 aromatic rings. The largest absolute Gasteiger partial charge is 0.395 e. The fourth-order valence-corrected chi connectivity index (χ4v) is 1.63. The Hall–Kier alpha value is -1.55. The van der Waals surface area contributed by atoms with Crippen LogP contribution < -0.4 is 5.32 Å². The van der Waals surface area contributed by atoms with Crippen molar-refractivity contribution in [3.05, 3.63) is 35.4 Å². The maximum atomic E-state index is 11.6. The van der Waals surface area contributed by atoms with Crippen LogP contribution in [0.1, 0.15) is 18.1 Å². The minimum atomic E-state index is -0.162. The smallest absolute Gasteiger partial charge is 0.317 e. The van der Waals surface area contributed by atoms with E-state index in [1.807, 2.05) is 18.2 Å². The third-order valence-corrected chi connectivity index (χ3v) is 2.71. The molecule has 0 aliphatic heterocycles. The highest BCUT2D eigenvalue weighted by atomic mass is 16.3. The number of hydrogen-bond acceptors (Lipinski definition) is 2. The highest BCUT2D eigenvalue weighted by Crippen LogP contribution is 2.08. The zero-order valence-corrected chi connectivity index (χ0v) is 10.4. The Morgan fingerprint density at radius 1 is 1.35 bits per heavy atom. The number of likely N-dealkylation sites (N-methyl/N-ethyl adjacent to an activating group) is 1. The van der Waals surface area contributed by atoms with Gasteiger partial charge in [0.25, 0.3) is 0 Å². The number of aryl methyl sites for hydroxylation is 1. The number of nitrogens with zero attached hydrogens (tertiary/aromatic N) is 1. The molecule has 0 saturated carbocycles. The molecule has 1 aromatic carbocycles. The molecule has 0 unspecified atom stereocenters. The molecular formula is C13H20N2O2. The number of carbonyl (C=O) groups is 1. The molecule has 0 heterocycles. The van der Waals surface area contributed by atoms with E-state index in [0.29, 0.717) is 13.1 Å². The fraction of sp³-hybridized carbons (Fsp3) is 0.462. The van der Waals surface area contributed by atoms with Gasteiger partial charge in [-0.1, -0.05) is 31.2 Å². The summed E-state index contributed by atoms with van der Waals surface area (Å²) in [7, 11) is 1.66. The van der Waals surface area contributed by atoms with E-state index in [0.717, 1.165) is 12.0 Å². The molecule has 0 bridgehead atoms. The van der Waals surface area contributed by atoms with E-state index in [9.17, 15) is 4.79 Å². The number of aliphatic hydroxyl groups excluding tert-OH is 1. The molecule has 2 amide bonds. The molecule has 2 N–H and O–H groups in total. The number of carbonyl (C=O) groups excluding carboxylic acids is 1. The molecule has 0 radical (unpaired) electrons. The van der Waals surface area contributed by atoms with Gasteiger partial charge in [0.05, 0.1) is 6.61 Å². The predicted molar refractivity (Wildman–Crippen MR) is 67.8 cm³/mol. The minimum absolute atomic E-state index is 0.0184. The first-order chi connectivity index (χ1) is 8.19. The molecule has 0 atom stereocenters. The summed E-state index contributed by atoms with van der Waals surface area (Å²) in [4.78, 5) is 13.1. The molecule has 94 valence electrons. The summed E-state index contributed by atoms with van der Waals surface area (Å²) >= 11 is 0. The topological polar surface area (TPSA) is 52.6 Å². The van der Waals surface area contributed by atoms with Crippen LogP contribution in [0.15, 0.2) is 24.3 Å². The van der Waals surface area contributed by atoms with Crippen LogP contribution in [0.2, 0.25) is 0 Å². The normalized spacial score (nSPS) is 10.1. The first-order valence-electron chi connectivity index (χ1n) is 5.85. The lowest BCUT2D eigenvalue weighted by atomic mass is 10.1. The van der Waals surface area contributed by atoms with Crippen molar-refractivity contribution in [1.82, 2.24) is 10.2 Å². The molecule has 1 rings (SSSR count). The first kappa shape index (κ1) is 13.5. The lowest BCUT2D eigenvalue weighted by Gasteiger charge is -2.17. The second-order valence-electron chi connectivity index (χ2n) is 3.93. The van der Waals surface area contributed by atoms with Crippen molar-refractivity contribution < 1.29 is 9.90 Å². The average molecular weight is 236 g/mol. The third-order valence-electron chi connectivity index (χ3n) is 2.71. The van der Waals surface area contributed by atoms with Gasteiger partial charge in [-0.15, -0.1) is 0 Å². The number of rotatable bonds is 5. The molecule has 4 heteroatoms. The van der Waals surface area contributed by atoms with Crippen molar-refractivity contribution in [2.45, 2.75) is 19.9 Å². The molecule has 0 aromatic heterocycles. The van der Waals surface area contributed by atoms with Crippen molar-refractivity contribution in [2.75, 3.05) is 20.2 Å². The molecule has 0 fully saturated rings. The van der Waals surface area contributed by atoms with Crippen LogP contribution in [-0.2, 0) is 13.0 Å². The molecule has 17 heavy (non-hydrogen) atoms. The van der Waals surface area contributed by atoms with Crippen LogP contribution in [0.4, 0.5) is 4.79 Å². The zero-order chi connectivity index (χ0) is 12.7. The predicted octanol–water partition coefficient (Wildman–Crippen LogP) is 1.38. The van der Waals surface area contributed by atoms with Gasteiger partial charge in [-0.25, -0.2) is 4.79 Å². The first-order valence-corrected chi connectivity index (χ1v) is 5.85. The number of hydrogen-bond donors (Lipinski definition) is 2. The lowest BCUT2D eigenvalue weighted by molar-refractivity contribution is 0.190. The Labute approximate surface area is 102 Å². The quantitative estimate of drug-likeness (QED) is 0.811. The molecule has 0 aliphatic carbocycles. The Morgan fingerprint density at radius 3 is 2.59 bits per heavy atom. The van der Waals surface area contributed by atoms with Gasteiger partial charge in [0.2, 0.25) is 0 Å². The molecule has 0 spiro atoms. The van der Waals surface area contributed by atoms with Gasteiger partial charge in [0.15, 0.2) is 0 Å². The Morgan fingerprint density at radius 2 is 2.00 bits per heavy atom. The van der Waals surface area contributed by atoms with Gasteiger partial charge < -0.3 is 15.3 Å². The van der Waals surface area contributed by atoms with E-state index < -0.39 is 0 Å². The summed E-state index contributed by atoms with van der Waals surface area (Å²) in [6, 6.07) is 7.90. The van der Waals surface area contributed by atoms with Gasteiger partial charge in [-0.05, 0) is 17.5 Å². The van der Waals surface area contributed by atoms with Crippen molar-refractivity contribution in [3.8, 4) is 0 Å². The SMILES string of the molecule is CCc1ccccc1CNC(=O)N(C)CCO. The van der Waals surface area contributed by atoms with E-state index in [2.05, 4.69) is 18.3 Å². The maximum absolute atomic E-state index is 11.6. The molecule has 0 saturated heterocycles. The van der Waals surface area contributed by atoms with Crippen LogP contribution in [0.5, 0.6) is 0 Å². The number of benzene rings is 1. The van der Waals surface area contributed by atoms with Crippen LogP contribution in [-0.4, -0.2) is 36.2 Å². The van der Waals surface area contributed by atoms with Crippen LogP contribution in [0, 0.1) is 0 Å². The fourth-order valence-electron chi connectivity index (χ4n) is 1.63. The number of urea groups is 1. The van der Waals surface area contributed by atoms with Crippen LogP contribution >= 0.6 is 0 Å². The van der Waals surface area contributed by atoms with Crippen molar-refractivity contribution in [1.29, 1.82) is 0 Å². The third kappa shape index (κ3) is 4.07. The van der Waals surface area contributed by atoms with Gasteiger partial charge >= 0.3 is 6.03 Å². The highest BCUT2D eigenvalue weighted by Gasteiger charge is 2.07. The summed E-state index contributed by atoms with van der Waals surface area (Å²) in [5, 5.41) is 11.6. The van der Waals surface area contributed by atoms with Gasteiger partial charge in [-0.2, -0.15) is 0 Å². The number of aliphatic hydroxyl groups is 1. The van der Waals surface area contributed by atoms with E-state index in [1.54, 1.807) is 7.05 Å². The van der Waals surface area contributed by atoms with Crippen LogP contribution in [0.3, 0.4) is 0 Å². The van der Waals surface area contributed by atoms with Crippen molar-refractivity contribution in [2.24, 2.45) is 0 Å². The molecule has 0 aliphatic rings. The van der Waals surface area contributed by atoms with Crippen molar-refractivity contribution >= 4 is 6.03 Å². The summed E-state index contributed by atoms with van der Waals surface area (Å²) in [6.45, 7) is 2.95. The van der Waals surface area contributed by atoms with E-state index in [-0.39, 0.29) is 12.6 Å². The summed E-state index contributed by atoms with van der Waals surface area (Å²) < 4.78 is 0.